The average molecular weight is 152 g/mol. The van der Waals surface area contributed by atoms with Crippen LogP contribution in [-0.4, -0.2) is 15.1 Å². The van der Waals surface area contributed by atoms with Gasteiger partial charge in [-0.3, -0.25) is 0 Å². The maximum absolute atomic E-state index is 8.86. The Morgan fingerprint density at radius 3 is 2.55 bits per heavy atom. The van der Waals surface area contributed by atoms with Gasteiger partial charge < -0.3 is 5.11 Å². The number of hydrogen-bond acceptors (Lipinski definition) is 3. The van der Waals surface area contributed by atoms with Crippen LogP contribution in [0.2, 0.25) is 0 Å². The third kappa shape index (κ3) is 2.53. The lowest BCUT2D eigenvalue weighted by Crippen LogP contribution is -1.92. The van der Waals surface area contributed by atoms with E-state index in [0.29, 0.717) is 0 Å². The monoisotopic (exact) mass is 152 g/mol. The van der Waals surface area contributed by atoms with Gasteiger partial charge in [0.25, 0.3) is 0 Å². The molecule has 0 unspecified atom stereocenters. The molecule has 0 aliphatic heterocycles. The van der Waals surface area contributed by atoms with E-state index in [1.807, 2.05) is 0 Å². The second-order valence-corrected chi connectivity index (χ2v) is 2.46. The lowest BCUT2D eigenvalue weighted by atomic mass is 10.2. The minimum Gasteiger partial charge on any atom is -0.505 e. The van der Waals surface area contributed by atoms with E-state index in [9.17, 15) is 0 Å². The molecule has 0 spiro atoms. The number of unbranched alkanes of at least 4 members (excludes halogenated alkanes) is 1. The highest BCUT2D eigenvalue weighted by molar-refractivity contribution is 5.09. The van der Waals surface area contributed by atoms with Crippen molar-refractivity contribution in [3.63, 3.8) is 0 Å². The Balaban J connectivity index is 2.52. The van der Waals surface area contributed by atoms with Crippen molar-refractivity contribution in [2.24, 2.45) is 0 Å². The number of aromatic hydroxyl groups is 1. The third-order valence-electron chi connectivity index (χ3n) is 1.45. The summed E-state index contributed by atoms with van der Waals surface area (Å²) in [6.07, 6.45) is 6.00. The normalized spacial score (nSPS) is 9.91. The Morgan fingerprint density at radius 2 is 2.00 bits per heavy atom. The van der Waals surface area contributed by atoms with E-state index >= 15 is 0 Å². The van der Waals surface area contributed by atoms with Crippen LogP contribution in [-0.2, 0) is 6.42 Å². The molecule has 11 heavy (non-hydrogen) atoms. The molecule has 3 heteroatoms. The Bertz CT molecular complexity index is 208. The molecule has 1 aromatic rings. The zero-order chi connectivity index (χ0) is 8.10. The lowest BCUT2D eigenvalue weighted by Gasteiger charge is -1.96. The van der Waals surface area contributed by atoms with Crippen molar-refractivity contribution in [1.82, 2.24) is 9.97 Å². The molecule has 0 atom stereocenters. The number of hydrogen-bond donors (Lipinski definition) is 1. The van der Waals surface area contributed by atoms with E-state index in [1.54, 1.807) is 0 Å². The first kappa shape index (κ1) is 7.98. The van der Waals surface area contributed by atoms with Crippen molar-refractivity contribution in [3.8, 4) is 5.75 Å². The molecule has 1 aromatic heterocycles. The van der Waals surface area contributed by atoms with Crippen LogP contribution in [0, 0.1) is 0 Å². The second kappa shape index (κ2) is 3.91. The van der Waals surface area contributed by atoms with Crippen LogP contribution in [0.1, 0.15) is 25.6 Å². The van der Waals surface area contributed by atoms with Crippen molar-refractivity contribution >= 4 is 0 Å². The molecule has 0 radical (unpaired) electrons. The van der Waals surface area contributed by atoms with Crippen LogP contribution in [0.3, 0.4) is 0 Å². The van der Waals surface area contributed by atoms with E-state index in [0.717, 1.165) is 25.1 Å². The summed E-state index contributed by atoms with van der Waals surface area (Å²) in [5.41, 5.74) is 0. The summed E-state index contributed by atoms with van der Waals surface area (Å²) in [6.45, 7) is 2.13. The predicted molar refractivity (Wildman–Crippen MR) is 42.3 cm³/mol. The van der Waals surface area contributed by atoms with Crippen LogP contribution in [0.25, 0.3) is 0 Å². The first-order valence-corrected chi connectivity index (χ1v) is 3.83. The summed E-state index contributed by atoms with van der Waals surface area (Å²) in [6, 6.07) is 0. The topological polar surface area (TPSA) is 46.0 Å². The first-order valence-electron chi connectivity index (χ1n) is 3.83. The maximum Gasteiger partial charge on any atom is 0.152 e. The molecular formula is C8H12N2O. The highest BCUT2D eigenvalue weighted by atomic mass is 16.3. The van der Waals surface area contributed by atoms with Crippen molar-refractivity contribution in [3.05, 3.63) is 18.2 Å². The van der Waals surface area contributed by atoms with Gasteiger partial charge in [0.05, 0.1) is 12.4 Å². The highest BCUT2D eigenvalue weighted by Crippen LogP contribution is 2.04. The largest absolute Gasteiger partial charge is 0.505 e. The molecule has 60 valence electrons. The van der Waals surface area contributed by atoms with Crippen LogP contribution in [0.15, 0.2) is 12.4 Å². The van der Waals surface area contributed by atoms with Gasteiger partial charge in [-0.2, -0.15) is 0 Å². The fourth-order valence-corrected chi connectivity index (χ4v) is 0.812. The van der Waals surface area contributed by atoms with Gasteiger partial charge in [-0.25, -0.2) is 9.97 Å². The molecule has 0 fully saturated rings. The summed E-state index contributed by atoms with van der Waals surface area (Å²) in [4.78, 5) is 7.91. The van der Waals surface area contributed by atoms with Crippen LogP contribution >= 0.6 is 0 Å². The average Bonchev–Trinajstić information content (AvgIpc) is 2.04. The zero-order valence-corrected chi connectivity index (χ0v) is 6.62. The molecule has 1 heterocycles. The number of aromatic nitrogens is 2. The lowest BCUT2D eigenvalue weighted by molar-refractivity contribution is 0.468. The van der Waals surface area contributed by atoms with E-state index in [1.165, 1.54) is 12.4 Å². The molecule has 3 nitrogen and oxygen atoms in total. The number of aryl methyl sites for hydroxylation is 1. The van der Waals surface area contributed by atoms with Gasteiger partial charge in [0, 0.05) is 6.42 Å². The fourth-order valence-electron chi connectivity index (χ4n) is 0.812. The van der Waals surface area contributed by atoms with Crippen molar-refractivity contribution < 1.29 is 5.11 Å². The van der Waals surface area contributed by atoms with Gasteiger partial charge in [-0.05, 0) is 6.42 Å². The Kier molecular flexibility index (Phi) is 2.83. The van der Waals surface area contributed by atoms with Crippen molar-refractivity contribution in [2.45, 2.75) is 26.2 Å². The predicted octanol–water partition coefficient (Wildman–Crippen LogP) is 1.52. The summed E-state index contributed by atoms with van der Waals surface area (Å²) in [5, 5.41) is 8.86. The van der Waals surface area contributed by atoms with Crippen LogP contribution < -0.4 is 0 Å². The molecule has 0 aliphatic carbocycles. The number of rotatable bonds is 3. The van der Waals surface area contributed by atoms with Gasteiger partial charge in [0.1, 0.15) is 5.82 Å². The minimum absolute atomic E-state index is 0.130. The molecule has 0 bridgehead atoms. The minimum atomic E-state index is 0.130. The molecule has 0 saturated heterocycles. The SMILES string of the molecule is CCCCc1ncc(O)cn1. The van der Waals surface area contributed by atoms with E-state index in [-0.39, 0.29) is 5.75 Å². The summed E-state index contributed by atoms with van der Waals surface area (Å²) < 4.78 is 0. The van der Waals surface area contributed by atoms with Gasteiger partial charge in [-0.1, -0.05) is 13.3 Å². The molecule has 0 aliphatic rings. The van der Waals surface area contributed by atoms with Gasteiger partial charge in [0.2, 0.25) is 0 Å². The summed E-state index contributed by atoms with van der Waals surface area (Å²) >= 11 is 0. The molecule has 0 saturated carbocycles. The van der Waals surface area contributed by atoms with Crippen LogP contribution in [0.5, 0.6) is 5.75 Å². The van der Waals surface area contributed by atoms with E-state index in [4.69, 9.17) is 5.11 Å². The Morgan fingerprint density at radius 1 is 1.36 bits per heavy atom. The smallest absolute Gasteiger partial charge is 0.152 e. The maximum atomic E-state index is 8.86. The third-order valence-corrected chi connectivity index (χ3v) is 1.45. The van der Waals surface area contributed by atoms with E-state index in [2.05, 4.69) is 16.9 Å². The van der Waals surface area contributed by atoms with Crippen molar-refractivity contribution in [2.75, 3.05) is 0 Å². The Labute approximate surface area is 66.1 Å². The van der Waals surface area contributed by atoms with Gasteiger partial charge in [0.15, 0.2) is 5.75 Å². The molecule has 1 N–H and O–H groups in total. The molecule has 0 aromatic carbocycles. The standard InChI is InChI=1S/C8H12N2O/c1-2-3-4-8-9-5-7(11)6-10-8/h5-6,11H,2-4H2,1H3. The highest BCUT2D eigenvalue weighted by Gasteiger charge is 1.94. The summed E-state index contributed by atoms with van der Waals surface area (Å²) in [5.74, 6) is 0.940. The van der Waals surface area contributed by atoms with Crippen molar-refractivity contribution in [1.29, 1.82) is 0 Å². The number of nitrogens with zero attached hydrogens (tertiary/aromatic N) is 2. The Hall–Kier alpha value is -1.12. The molecule has 0 amide bonds. The first-order chi connectivity index (χ1) is 5.33. The second-order valence-electron chi connectivity index (χ2n) is 2.46. The van der Waals surface area contributed by atoms with Gasteiger partial charge >= 0.3 is 0 Å². The quantitative estimate of drug-likeness (QED) is 0.714. The summed E-state index contributed by atoms with van der Waals surface area (Å²) in [7, 11) is 0. The zero-order valence-electron chi connectivity index (χ0n) is 6.62. The fraction of sp³-hybridized carbons (Fsp3) is 0.500. The molecular weight excluding hydrogens is 140 g/mol. The van der Waals surface area contributed by atoms with E-state index < -0.39 is 0 Å². The molecule has 1 rings (SSSR count). The van der Waals surface area contributed by atoms with Crippen LogP contribution in [0.4, 0.5) is 0 Å². The van der Waals surface area contributed by atoms with Gasteiger partial charge in [-0.15, -0.1) is 0 Å².